The normalized spacial score (nSPS) is 19.2. The lowest BCUT2D eigenvalue weighted by Gasteiger charge is -2.12. The van der Waals surface area contributed by atoms with Crippen LogP contribution >= 0.6 is 0 Å². The number of aromatic amines is 1. The number of aromatic nitrogens is 2. The van der Waals surface area contributed by atoms with Gasteiger partial charge in [-0.1, -0.05) is 6.07 Å². The van der Waals surface area contributed by atoms with Gasteiger partial charge in [-0.05, 0) is 24.6 Å². The van der Waals surface area contributed by atoms with E-state index in [-0.39, 0.29) is 12.2 Å². The highest BCUT2D eigenvalue weighted by molar-refractivity contribution is 5.76. The molecule has 2 heterocycles. The van der Waals surface area contributed by atoms with Crippen molar-refractivity contribution in [3.8, 4) is 0 Å². The molecular formula is C13H16N4O2. The first-order chi connectivity index (χ1) is 9.15. The van der Waals surface area contributed by atoms with Crippen LogP contribution in [-0.4, -0.2) is 40.2 Å². The molecule has 1 fully saturated rings. The Morgan fingerprint density at radius 3 is 3.16 bits per heavy atom. The number of H-pyrrole nitrogens is 1. The Morgan fingerprint density at radius 2 is 2.42 bits per heavy atom. The smallest absolute Gasteiger partial charge is 0.410 e. The maximum atomic E-state index is 11.6. The molecule has 3 rings (SSSR count). The van der Waals surface area contributed by atoms with Gasteiger partial charge < -0.3 is 20.4 Å². The van der Waals surface area contributed by atoms with Crippen molar-refractivity contribution in [2.24, 2.45) is 5.73 Å². The van der Waals surface area contributed by atoms with Gasteiger partial charge in [0.2, 0.25) is 0 Å². The molecule has 0 radical (unpaired) electrons. The second-order valence-corrected chi connectivity index (χ2v) is 4.80. The Hall–Kier alpha value is -2.08. The number of nitrogens with zero attached hydrogens (tertiary/aromatic N) is 2. The van der Waals surface area contributed by atoms with Gasteiger partial charge in [0.25, 0.3) is 0 Å². The fraction of sp³-hybridized carbons (Fsp3) is 0.385. The molecule has 1 unspecified atom stereocenters. The van der Waals surface area contributed by atoms with Crippen LogP contribution in [0.2, 0.25) is 0 Å². The average molecular weight is 260 g/mol. The molecule has 0 saturated carbocycles. The molecule has 1 aromatic heterocycles. The number of hydrogen-bond acceptors (Lipinski definition) is 4. The molecule has 0 aliphatic carbocycles. The predicted octanol–water partition coefficient (Wildman–Crippen LogP) is 1.15. The molecule has 6 nitrogen and oxygen atoms in total. The van der Waals surface area contributed by atoms with Crippen LogP contribution in [0.15, 0.2) is 18.2 Å². The van der Waals surface area contributed by atoms with Gasteiger partial charge in [0, 0.05) is 13.1 Å². The molecule has 1 atom stereocenters. The van der Waals surface area contributed by atoms with Crippen LogP contribution in [0.5, 0.6) is 0 Å². The SMILES string of the molecule is Cc1nc2ccc(CN3CC(CN)OC3=O)cc2[nH]1. The van der Waals surface area contributed by atoms with E-state index in [1.54, 1.807) is 4.90 Å². The third-order valence-corrected chi connectivity index (χ3v) is 3.25. The molecule has 2 aromatic rings. The first-order valence-electron chi connectivity index (χ1n) is 6.26. The third kappa shape index (κ3) is 2.26. The van der Waals surface area contributed by atoms with E-state index in [9.17, 15) is 4.79 Å². The van der Waals surface area contributed by atoms with E-state index in [0.717, 1.165) is 22.4 Å². The largest absolute Gasteiger partial charge is 0.443 e. The lowest BCUT2D eigenvalue weighted by molar-refractivity contribution is 0.134. The highest BCUT2D eigenvalue weighted by Crippen LogP contribution is 2.18. The van der Waals surface area contributed by atoms with Crippen molar-refractivity contribution in [2.45, 2.75) is 19.6 Å². The Labute approximate surface area is 110 Å². The summed E-state index contributed by atoms with van der Waals surface area (Å²) in [6, 6.07) is 5.94. The quantitative estimate of drug-likeness (QED) is 0.867. The van der Waals surface area contributed by atoms with Gasteiger partial charge in [0.1, 0.15) is 11.9 Å². The lowest BCUT2D eigenvalue weighted by Crippen LogP contribution is -2.27. The monoisotopic (exact) mass is 260 g/mol. The highest BCUT2D eigenvalue weighted by Gasteiger charge is 2.30. The first-order valence-corrected chi connectivity index (χ1v) is 6.26. The van der Waals surface area contributed by atoms with Gasteiger partial charge in [-0.2, -0.15) is 0 Å². The van der Waals surface area contributed by atoms with E-state index in [0.29, 0.717) is 19.6 Å². The molecule has 100 valence electrons. The molecule has 0 bridgehead atoms. The number of cyclic esters (lactones) is 1. The summed E-state index contributed by atoms with van der Waals surface area (Å²) in [5.74, 6) is 0.885. The third-order valence-electron chi connectivity index (χ3n) is 3.25. The molecule has 6 heteroatoms. The van der Waals surface area contributed by atoms with Gasteiger partial charge in [0.15, 0.2) is 0 Å². The summed E-state index contributed by atoms with van der Waals surface area (Å²) in [7, 11) is 0. The van der Waals surface area contributed by atoms with Crippen LogP contribution in [-0.2, 0) is 11.3 Å². The Bertz CT molecular complexity index is 622. The number of benzene rings is 1. The number of carbonyl (C=O) groups is 1. The molecule has 1 amide bonds. The van der Waals surface area contributed by atoms with Gasteiger partial charge in [-0.15, -0.1) is 0 Å². The Balaban J connectivity index is 1.79. The number of rotatable bonds is 3. The minimum absolute atomic E-state index is 0.189. The fourth-order valence-electron chi connectivity index (χ4n) is 2.33. The van der Waals surface area contributed by atoms with Crippen LogP contribution in [0.25, 0.3) is 11.0 Å². The zero-order chi connectivity index (χ0) is 13.4. The number of hydrogen-bond donors (Lipinski definition) is 2. The second-order valence-electron chi connectivity index (χ2n) is 4.80. The molecule has 19 heavy (non-hydrogen) atoms. The zero-order valence-electron chi connectivity index (χ0n) is 10.7. The zero-order valence-corrected chi connectivity index (χ0v) is 10.7. The molecule has 1 saturated heterocycles. The number of fused-ring (bicyclic) bond motifs is 1. The minimum atomic E-state index is -0.295. The van der Waals surface area contributed by atoms with Crippen molar-refractivity contribution in [3.05, 3.63) is 29.6 Å². The standard InChI is InChI=1S/C13H16N4O2/c1-8-15-11-3-2-9(4-12(11)16-8)6-17-7-10(5-14)19-13(17)18/h2-4,10H,5-7,14H2,1H3,(H,15,16). The average Bonchev–Trinajstić information content (AvgIpc) is 2.91. The van der Waals surface area contributed by atoms with Crippen LogP contribution in [0.4, 0.5) is 4.79 Å². The van der Waals surface area contributed by atoms with E-state index >= 15 is 0 Å². The Morgan fingerprint density at radius 1 is 1.58 bits per heavy atom. The van der Waals surface area contributed by atoms with Gasteiger partial charge in [-0.3, -0.25) is 0 Å². The summed E-state index contributed by atoms with van der Waals surface area (Å²) in [5, 5.41) is 0. The van der Waals surface area contributed by atoms with Gasteiger partial charge in [-0.25, -0.2) is 9.78 Å². The first kappa shape index (κ1) is 12.0. The van der Waals surface area contributed by atoms with Crippen LogP contribution in [0.3, 0.4) is 0 Å². The summed E-state index contributed by atoms with van der Waals surface area (Å²) in [6.45, 7) is 3.36. The number of carbonyl (C=O) groups excluding carboxylic acids is 1. The molecule has 1 aliphatic rings. The maximum Gasteiger partial charge on any atom is 0.410 e. The summed E-state index contributed by atoms with van der Waals surface area (Å²) < 4.78 is 5.13. The number of imidazole rings is 1. The van der Waals surface area contributed by atoms with Crippen LogP contribution in [0.1, 0.15) is 11.4 Å². The maximum absolute atomic E-state index is 11.6. The van der Waals surface area contributed by atoms with Gasteiger partial charge >= 0.3 is 6.09 Å². The number of amides is 1. The molecule has 0 spiro atoms. The van der Waals surface area contributed by atoms with Crippen molar-refractivity contribution in [1.29, 1.82) is 0 Å². The topological polar surface area (TPSA) is 84.2 Å². The van der Waals surface area contributed by atoms with Gasteiger partial charge in [0.05, 0.1) is 17.6 Å². The fourth-order valence-corrected chi connectivity index (χ4v) is 2.33. The van der Waals surface area contributed by atoms with Crippen molar-refractivity contribution >= 4 is 17.1 Å². The molecule has 1 aromatic carbocycles. The molecule has 3 N–H and O–H groups in total. The number of nitrogens with two attached hydrogens (primary N) is 1. The number of aryl methyl sites for hydroxylation is 1. The van der Waals surface area contributed by atoms with Crippen molar-refractivity contribution in [3.63, 3.8) is 0 Å². The summed E-state index contributed by atoms with van der Waals surface area (Å²) in [6.07, 6.45) is -0.484. The summed E-state index contributed by atoms with van der Waals surface area (Å²) >= 11 is 0. The molecular weight excluding hydrogens is 244 g/mol. The van der Waals surface area contributed by atoms with Crippen molar-refractivity contribution in [1.82, 2.24) is 14.9 Å². The highest BCUT2D eigenvalue weighted by atomic mass is 16.6. The van der Waals surface area contributed by atoms with E-state index in [4.69, 9.17) is 10.5 Å². The van der Waals surface area contributed by atoms with E-state index in [1.807, 2.05) is 25.1 Å². The Kier molecular flexibility index (Phi) is 2.87. The summed E-state index contributed by atoms with van der Waals surface area (Å²) in [4.78, 5) is 20.9. The van der Waals surface area contributed by atoms with Crippen molar-refractivity contribution in [2.75, 3.05) is 13.1 Å². The van der Waals surface area contributed by atoms with Crippen LogP contribution < -0.4 is 5.73 Å². The van der Waals surface area contributed by atoms with Crippen LogP contribution in [0, 0.1) is 6.92 Å². The summed E-state index contributed by atoms with van der Waals surface area (Å²) in [5.41, 5.74) is 8.48. The van der Waals surface area contributed by atoms with E-state index in [2.05, 4.69) is 9.97 Å². The van der Waals surface area contributed by atoms with E-state index in [1.165, 1.54) is 0 Å². The number of nitrogens with one attached hydrogen (secondary N) is 1. The minimum Gasteiger partial charge on any atom is -0.443 e. The molecule has 1 aliphatic heterocycles. The predicted molar refractivity (Wildman–Crippen MR) is 70.6 cm³/mol. The lowest BCUT2D eigenvalue weighted by atomic mass is 10.2. The van der Waals surface area contributed by atoms with E-state index < -0.39 is 0 Å². The second kappa shape index (κ2) is 4.55. The van der Waals surface area contributed by atoms with Crippen molar-refractivity contribution < 1.29 is 9.53 Å². The number of ether oxygens (including phenoxy) is 1.